The molecule has 2 fully saturated rings. The fourth-order valence-electron chi connectivity index (χ4n) is 4.37. The van der Waals surface area contributed by atoms with E-state index in [-0.39, 0.29) is 35.9 Å². The number of hydrogen-bond donors (Lipinski definition) is 2. The smallest absolute Gasteiger partial charge is 0.332 e. The van der Waals surface area contributed by atoms with Gasteiger partial charge in [-0.2, -0.15) is 0 Å². The van der Waals surface area contributed by atoms with Gasteiger partial charge < -0.3 is 19.7 Å². The van der Waals surface area contributed by atoms with E-state index in [9.17, 15) is 15.0 Å². The number of allylic oxidation sites excluding steroid dienone is 1. The maximum Gasteiger partial charge on any atom is 0.332 e. The van der Waals surface area contributed by atoms with Crippen LogP contribution in [0, 0.1) is 17.8 Å². The van der Waals surface area contributed by atoms with Gasteiger partial charge in [-0.3, -0.25) is 0 Å². The molecule has 5 nitrogen and oxygen atoms in total. The third-order valence-corrected chi connectivity index (χ3v) is 6.41. The zero-order chi connectivity index (χ0) is 21.2. The van der Waals surface area contributed by atoms with Crippen molar-refractivity contribution in [3.8, 4) is 0 Å². The van der Waals surface area contributed by atoms with Gasteiger partial charge in [0.15, 0.2) is 0 Å². The summed E-state index contributed by atoms with van der Waals surface area (Å²) in [6.07, 6.45) is 13.7. The predicted molar refractivity (Wildman–Crippen MR) is 115 cm³/mol. The van der Waals surface area contributed by atoms with Crippen molar-refractivity contribution in [2.24, 2.45) is 17.8 Å². The molecule has 0 unspecified atom stereocenters. The van der Waals surface area contributed by atoms with Gasteiger partial charge >= 0.3 is 5.97 Å². The van der Waals surface area contributed by atoms with Crippen molar-refractivity contribution < 1.29 is 24.5 Å². The van der Waals surface area contributed by atoms with Crippen molar-refractivity contribution in [3.05, 3.63) is 24.3 Å². The van der Waals surface area contributed by atoms with Gasteiger partial charge in [-0.25, -0.2) is 4.79 Å². The Bertz CT molecular complexity index is 541. The fraction of sp³-hybridized carbons (Fsp3) is 0.783. The minimum absolute atomic E-state index is 0.0534. The van der Waals surface area contributed by atoms with Crippen LogP contribution in [-0.4, -0.2) is 53.1 Å². The molecule has 2 rings (SSSR count). The molecule has 0 aromatic carbocycles. The minimum Gasteiger partial charge on any atom is -0.461 e. The predicted octanol–water partition coefficient (Wildman–Crippen LogP) is 4.00. The zero-order valence-corrected chi connectivity index (χ0v) is 18.5. The molecule has 0 aromatic rings. The first kappa shape index (κ1) is 24.4. The molecule has 0 bridgehead atoms. The molecule has 29 heavy (non-hydrogen) atoms. The summed E-state index contributed by atoms with van der Waals surface area (Å²) in [6.45, 7) is 3.87. The molecule has 0 radical (unpaired) electrons. The summed E-state index contributed by atoms with van der Waals surface area (Å²) in [5.74, 6) is 0.0315. The van der Waals surface area contributed by atoms with Crippen molar-refractivity contribution in [2.75, 3.05) is 13.2 Å². The molecule has 0 aromatic heterocycles. The molecule has 0 amide bonds. The molecule has 0 saturated heterocycles. The standard InChI is InChI=1S/C23H37ClO5/c1-16(2)29-23(27)15-28-13-7-6-10-18-19(22(26)14-20(18)24)11-12-21(25)17-8-4-3-5-9-17/h6-7,11-12,16-22,25-26H,3-5,8-10,13-15H2,1-2H3/b7-6+,12-11?/t18-,19-,20-,21-,22-/m1/s1. The Morgan fingerprint density at radius 1 is 1.21 bits per heavy atom. The highest BCUT2D eigenvalue weighted by Gasteiger charge is 2.39. The summed E-state index contributed by atoms with van der Waals surface area (Å²) in [7, 11) is 0. The molecule has 6 heteroatoms. The van der Waals surface area contributed by atoms with Gasteiger partial charge in [0.1, 0.15) is 6.61 Å². The van der Waals surface area contributed by atoms with E-state index in [1.807, 2.05) is 24.3 Å². The largest absolute Gasteiger partial charge is 0.461 e. The number of halogens is 1. The second kappa shape index (κ2) is 12.7. The van der Waals surface area contributed by atoms with Crippen LogP contribution in [0.15, 0.2) is 24.3 Å². The van der Waals surface area contributed by atoms with Crippen molar-refractivity contribution in [1.29, 1.82) is 0 Å². The Hall–Kier alpha value is -0.880. The zero-order valence-electron chi connectivity index (χ0n) is 17.7. The van der Waals surface area contributed by atoms with Gasteiger partial charge in [-0.15, -0.1) is 11.6 Å². The summed E-state index contributed by atoms with van der Waals surface area (Å²) in [4.78, 5) is 11.4. The van der Waals surface area contributed by atoms with Gasteiger partial charge in [0, 0.05) is 11.3 Å². The van der Waals surface area contributed by atoms with E-state index >= 15 is 0 Å². The molecule has 0 heterocycles. The van der Waals surface area contributed by atoms with E-state index in [0.717, 1.165) is 19.3 Å². The van der Waals surface area contributed by atoms with E-state index in [0.29, 0.717) is 18.9 Å². The van der Waals surface area contributed by atoms with Crippen LogP contribution in [0.5, 0.6) is 0 Å². The highest BCUT2D eigenvalue weighted by Crippen LogP contribution is 2.39. The summed E-state index contributed by atoms with van der Waals surface area (Å²) >= 11 is 6.48. The van der Waals surface area contributed by atoms with Crippen molar-refractivity contribution >= 4 is 17.6 Å². The lowest BCUT2D eigenvalue weighted by molar-refractivity contribution is -0.152. The lowest BCUT2D eigenvalue weighted by Gasteiger charge is -2.25. The number of ether oxygens (including phenoxy) is 2. The fourth-order valence-corrected chi connectivity index (χ4v) is 4.82. The number of alkyl halides is 1. The topological polar surface area (TPSA) is 76.0 Å². The summed E-state index contributed by atoms with van der Waals surface area (Å²) < 4.78 is 10.3. The van der Waals surface area contributed by atoms with E-state index < -0.39 is 12.2 Å². The third-order valence-electron chi connectivity index (χ3n) is 5.91. The monoisotopic (exact) mass is 428 g/mol. The number of hydrogen-bond acceptors (Lipinski definition) is 5. The van der Waals surface area contributed by atoms with Crippen LogP contribution in [0.3, 0.4) is 0 Å². The maximum absolute atomic E-state index is 11.4. The van der Waals surface area contributed by atoms with Gasteiger partial charge in [-0.05, 0) is 51.4 Å². The lowest BCUT2D eigenvalue weighted by Crippen LogP contribution is -2.23. The second-order valence-corrected chi connectivity index (χ2v) is 9.16. The van der Waals surface area contributed by atoms with E-state index in [2.05, 4.69) is 0 Å². The van der Waals surface area contributed by atoms with Gasteiger partial charge in [0.25, 0.3) is 0 Å². The highest BCUT2D eigenvalue weighted by molar-refractivity contribution is 6.21. The Balaban J connectivity index is 1.78. The van der Waals surface area contributed by atoms with Crippen LogP contribution in [0.2, 0.25) is 0 Å². The normalized spacial score (nSPS) is 29.9. The van der Waals surface area contributed by atoms with Crippen LogP contribution in [-0.2, 0) is 14.3 Å². The first-order valence-electron chi connectivity index (χ1n) is 11.0. The SMILES string of the molecule is CC(C)OC(=O)COC/C=C/C[C@@H]1[C@@H](C=C[C@@H](O)C2CCCCC2)[C@H](O)C[C@H]1Cl. The molecule has 166 valence electrons. The quantitative estimate of drug-likeness (QED) is 0.238. The second-order valence-electron chi connectivity index (χ2n) is 8.59. The number of aliphatic hydroxyl groups excluding tert-OH is 2. The van der Waals surface area contributed by atoms with Gasteiger partial charge in [0.05, 0.1) is 24.9 Å². The Labute approximate surface area is 180 Å². The number of rotatable bonds is 10. The van der Waals surface area contributed by atoms with Gasteiger partial charge in [-0.1, -0.05) is 43.6 Å². The van der Waals surface area contributed by atoms with Crippen LogP contribution in [0.25, 0.3) is 0 Å². The van der Waals surface area contributed by atoms with Crippen molar-refractivity contribution in [3.63, 3.8) is 0 Å². The molecule has 5 atom stereocenters. The molecule has 2 aliphatic carbocycles. The van der Waals surface area contributed by atoms with Crippen LogP contribution in [0.1, 0.15) is 58.8 Å². The number of aliphatic hydroxyl groups is 2. The third kappa shape index (κ3) is 8.41. The lowest BCUT2D eigenvalue weighted by atomic mass is 9.84. The first-order valence-corrected chi connectivity index (χ1v) is 11.4. The summed E-state index contributed by atoms with van der Waals surface area (Å²) in [6, 6.07) is 0. The summed E-state index contributed by atoms with van der Waals surface area (Å²) in [5, 5.41) is 20.8. The number of esters is 1. The highest BCUT2D eigenvalue weighted by atomic mass is 35.5. The molecular weight excluding hydrogens is 392 g/mol. The molecule has 2 aliphatic rings. The van der Waals surface area contributed by atoms with E-state index in [1.165, 1.54) is 19.3 Å². The first-order chi connectivity index (χ1) is 13.9. The van der Waals surface area contributed by atoms with Crippen molar-refractivity contribution in [1.82, 2.24) is 0 Å². The molecule has 0 spiro atoms. The molecule has 2 saturated carbocycles. The number of carbonyl (C=O) groups is 1. The van der Waals surface area contributed by atoms with Crippen LogP contribution < -0.4 is 0 Å². The van der Waals surface area contributed by atoms with Crippen molar-refractivity contribution in [2.45, 2.75) is 82.5 Å². The Morgan fingerprint density at radius 2 is 1.93 bits per heavy atom. The number of carbonyl (C=O) groups excluding carboxylic acids is 1. The average Bonchev–Trinajstić information content (AvgIpc) is 2.95. The van der Waals surface area contributed by atoms with E-state index in [4.69, 9.17) is 21.1 Å². The van der Waals surface area contributed by atoms with Gasteiger partial charge in [0.2, 0.25) is 0 Å². The molecule has 0 aliphatic heterocycles. The maximum atomic E-state index is 11.4. The molecular formula is C23H37ClO5. The minimum atomic E-state index is -0.479. The van der Waals surface area contributed by atoms with Crippen LogP contribution in [0.4, 0.5) is 0 Å². The Kier molecular flexibility index (Phi) is 10.7. The molecule has 2 N–H and O–H groups in total. The summed E-state index contributed by atoms with van der Waals surface area (Å²) in [5.41, 5.74) is 0. The van der Waals surface area contributed by atoms with Crippen LogP contribution >= 0.6 is 11.6 Å². The van der Waals surface area contributed by atoms with E-state index in [1.54, 1.807) is 13.8 Å². The average molecular weight is 429 g/mol. The Morgan fingerprint density at radius 3 is 2.62 bits per heavy atom.